The quantitative estimate of drug-likeness (QED) is 0.607. The fourth-order valence-electron chi connectivity index (χ4n) is 2.19. The lowest BCUT2D eigenvalue weighted by molar-refractivity contribution is -0.389. The van der Waals surface area contributed by atoms with Crippen molar-refractivity contribution in [3.05, 3.63) is 51.5 Å². The zero-order valence-corrected chi connectivity index (χ0v) is 13.1. The third-order valence-corrected chi connectivity index (χ3v) is 3.57. The highest BCUT2D eigenvalue weighted by Gasteiger charge is 2.32. The van der Waals surface area contributed by atoms with Crippen molar-refractivity contribution >= 4 is 29.1 Å². The number of nitrogens with zero attached hydrogens (tertiary/aromatic N) is 3. The second kappa shape index (κ2) is 6.71. The van der Waals surface area contributed by atoms with Gasteiger partial charge < -0.3 is 19.6 Å². The fourth-order valence-corrected chi connectivity index (χ4v) is 2.31. The number of hydrogen-bond donors (Lipinski definition) is 0. The maximum Gasteiger partial charge on any atom is 0.366 e. The largest absolute Gasteiger partial charge is 0.492 e. The van der Waals surface area contributed by atoms with E-state index in [1.807, 2.05) is 0 Å². The van der Waals surface area contributed by atoms with Crippen molar-refractivity contribution in [2.24, 2.45) is 0 Å². The summed E-state index contributed by atoms with van der Waals surface area (Å²) in [7, 11) is 0. The molecule has 1 amide bonds. The molecule has 0 spiro atoms. The summed E-state index contributed by atoms with van der Waals surface area (Å²) in [4.78, 5) is 27.5. The summed E-state index contributed by atoms with van der Waals surface area (Å²) in [5.41, 5.74) is 0. The van der Waals surface area contributed by atoms with E-state index in [0.717, 1.165) is 0 Å². The number of nitro groups is 1. The second-order valence-corrected chi connectivity index (χ2v) is 5.32. The van der Waals surface area contributed by atoms with Crippen LogP contribution in [-0.4, -0.2) is 35.6 Å². The van der Waals surface area contributed by atoms with Gasteiger partial charge in [0.2, 0.25) is 0 Å². The molecule has 1 aliphatic heterocycles. The van der Waals surface area contributed by atoms with E-state index in [-0.39, 0.29) is 37.3 Å². The fraction of sp³-hybridized carbons (Fsp3) is 0.200. The number of benzene rings is 1. The van der Waals surface area contributed by atoms with E-state index in [9.17, 15) is 14.9 Å². The number of carbonyl (C=O) groups excluding carboxylic acids is 1. The number of halogens is 1. The Labute approximate surface area is 141 Å². The Balaban J connectivity index is 1.73. The molecular weight excluding hydrogens is 338 g/mol. The molecule has 9 heteroatoms. The van der Waals surface area contributed by atoms with E-state index in [2.05, 4.69) is 4.98 Å². The second-order valence-electron chi connectivity index (χ2n) is 4.88. The van der Waals surface area contributed by atoms with Gasteiger partial charge in [0.15, 0.2) is 12.4 Å². The van der Waals surface area contributed by atoms with Crippen LogP contribution in [0.2, 0.25) is 5.02 Å². The molecule has 8 nitrogen and oxygen atoms in total. The molecule has 1 aromatic carbocycles. The van der Waals surface area contributed by atoms with Crippen molar-refractivity contribution in [2.45, 2.75) is 0 Å². The Morgan fingerprint density at radius 3 is 2.75 bits per heavy atom. The van der Waals surface area contributed by atoms with Crippen molar-refractivity contribution < 1.29 is 19.2 Å². The van der Waals surface area contributed by atoms with E-state index >= 15 is 0 Å². The first-order valence-corrected chi connectivity index (χ1v) is 7.39. The third-order valence-electron chi connectivity index (χ3n) is 3.32. The van der Waals surface area contributed by atoms with Gasteiger partial charge in [0.05, 0.1) is 6.54 Å². The molecule has 2 heterocycles. The Bertz CT molecular complexity index is 781. The van der Waals surface area contributed by atoms with Gasteiger partial charge in [0.1, 0.15) is 12.4 Å². The van der Waals surface area contributed by atoms with Gasteiger partial charge in [-0.3, -0.25) is 9.69 Å². The molecule has 0 saturated heterocycles. The van der Waals surface area contributed by atoms with Gasteiger partial charge >= 0.3 is 5.82 Å². The molecule has 1 aliphatic rings. The SMILES string of the molecule is O=C1COc2ccc([N+](=O)[O-])nc2N1CCOc1ccc(Cl)cc1. The van der Waals surface area contributed by atoms with Gasteiger partial charge in [0, 0.05) is 11.1 Å². The highest BCUT2D eigenvalue weighted by atomic mass is 35.5. The summed E-state index contributed by atoms with van der Waals surface area (Å²) in [6.45, 7) is 0.233. The number of rotatable bonds is 5. The first kappa shape index (κ1) is 16.0. The molecule has 0 N–H and O–H groups in total. The van der Waals surface area contributed by atoms with E-state index in [1.54, 1.807) is 24.3 Å². The maximum absolute atomic E-state index is 12.0. The molecule has 0 aliphatic carbocycles. The highest BCUT2D eigenvalue weighted by molar-refractivity contribution is 6.30. The summed E-state index contributed by atoms with van der Waals surface area (Å²) in [5, 5.41) is 11.5. The van der Waals surface area contributed by atoms with Crippen LogP contribution in [0.3, 0.4) is 0 Å². The number of fused-ring (bicyclic) bond motifs is 1. The number of pyridine rings is 1. The summed E-state index contributed by atoms with van der Waals surface area (Å²) < 4.78 is 10.8. The Hall–Kier alpha value is -2.87. The van der Waals surface area contributed by atoms with Gasteiger partial charge in [0.25, 0.3) is 11.7 Å². The Morgan fingerprint density at radius 1 is 1.29 bits per heavy atom. The molecule has 124 valence electrons. The molecule has 1 aromatic heterocycles. The van der Waals surface area contributed by atoms with Gasteiger partial charge in [-0.2, -0.15) is 0 Å². The number of hydrogen-bond acceptors (Lipinski definition) is 6. The predicted octanol–water partition coefficient (Wildman–Crippen LogP) is 2.45. The van der Waals surface area contributed by atoms with Gasteiger partial charge in [-0.1, -0.05) is 11.6 Å². The predicted molar refractivity (Wildman–Crippen MR) is 85.7 cm³/mol. The van der Waals surface area contributed by atoms with Gasteiger partial charge in [-0.05, 0) is 40.2 Å². The Kier molecular flexibility index (Phi) is 4.48. The topological polar surface area (TPSA) is 94.8 Å². The summed E-state index contributed by atoms with van der Waals surface area (Å²) in [6.07, 6.45) is 0. The minimum atomic E-state index is -0.623. The molecule has 3 rings (SSSR count). The third kappa shape index (κ3) is 3.38. The average molecular weight is 350 g/mol. The summed E-state index contributed by atoms with van der Waals surface area (Å²) >= 11 is 5.80. The molecule has 0 radical (unpaired) electrons. The number of aromatic nitrogens is 1. The van der Waals surface area contributed by atoms with Crippen molar-refractivity contribution in [1.82, 2.24) is 4.98 Å². The molecule has 0 bridgehead atoms. The van der Waals surface area contributed by atoms with E-state index in [4.69, 9.17) is 21.1 Å². The molecule has 0 atom stereocenters. The van der Waals surface area contributed by atoms with Crippen LogP contribution in [0.25, 0.3) is 0 Å². The van der Waals surface area contributed by atoms with Crippen molar-refractivity contribution in [3.63, 3.8) is 0 Å². The highest BCUT2D eigenvalue weighted by Crippen LogP contribution is 2.31. The standard InChI is InChI=1S/C15H12ClN3O5/c16-10-1-3-11(4-2-10)23-8-7-18-14(20)9-24-12-5-6-13(19(21)22)17-15(12)18/h1-6H,7-9H2. The molecule has 0 unspecified atom stereocenters. The van der Waals surface area contributed by atoms with E-state index in [1.165, 1.54) is 17.0 Å². The monoisotopic (exact) mass is 349 g/mol. The first-order valence-electron chi connectivity index (χ1n) is 7.01. The lowest BCUT2D eigenvalue weighted by Gasteiger charge is -2.25. The summed E-state index contributed by atoms with van der Waals surface area (Å²) in [5.74, 6) is 0.366. The molecule has 0 fully saturated rings. The molecule has 24 heavy (non-hydrogen) atoms. The zero-order chi connectivity index (χ0) is 17.1. The van der Waals surface area contributed by atoms with Crippen molar-refractivity contribution in [1.29, 1.82) is 0 Å². The average Bonchev–Trinajstić information content (AvgIpc) is 2.58. The number of ether oxygens (including phenoxy) is 2. The van der Waals surface area contributed by atoms with Crippen LogP contribution in [0.5, 0.6) is 11.5 Å². The van der Waals surface area contributed by atoms with Crippen LogP contribution < -0.4 is 14.4 Å². The lowest BCUT2D eigenvalue weighted by Crippen LogP contribution is -2.41. The smallest absolute Gasteiger partial charge is 0.366 e. The van der Waals surface area contributed by atoms with Crippen LogP contribution in [-0.2, 0) is 4.79 Å². The summed E-state index contributed by atoms with van der Waals surface area (Å²) in [6, 6.07) is 9.46. The normalized spacial score (nSPS) is 13.2. The van der Waals surface area contributed by atoms with Crippen LogP contribution in [0.15, 0.2) is 36.4 Å². The zero-order valence-electron chi connectivity index (χ0n) is 12.3. The first-order chi connectivity index (χ1) is 11.5. The van der Waals surface area contributed by atoms with Crippen molar-refractivity contribution in [3.8, 4) is 11.5 Å². The number of carbonyl (C=O) groups is 1. The minimum Gasteiger partial charge on any atom is -0.492 e. The molecule has 0 saturated carbocycles. The number of anilines is 1. The van der Waals surface area contributed by atoms with Crippen LogP contribution in [0, 0.1) is 10.1 Å². The number of amides is 1. The van der Waals surface area contributed by atoms with Crippen LogP contribution in [0.4, 0.5) is 11.6 Å². The lowest BCUT2D eigenvalue weighted by atomic mass is 10.3. The molecule has 2 aromatic rings. The van der Waals surface area contributed by atoms with E-state index in [0.29, 0.717) is 16.5 Å². The van der Waals surface area contributed by atoms with E-state index < -0.39 is 4.92 Å². The Morgan fingerprint density at radius 2 is 2.04 bits per heavy atom. The maximum atomic E-state index is 12.0. The van der Waals surface area contributed by atoms with Crippen LogP contribution >= 0.6 is 11.6 Å². The minimum absolute atomic E-state index is 0.125. The van der Waals surface area contributed by atoms with Gasteiger partial charge in [-0.15, -0.1) is 0 Å². The molecular formula is C15H12ClN3O5. The van der Waals surface area contributed by atoms with Crippen LogP contribution in [0.1, 0.15) is 0 Å². The van der Waals surface area contributed by atoms with Crippen molar-refractivity contribution in [2.75, 3.05) is 24.7 Å². The van der Waals surface area contributed by atoms with Gasteiger partial charge in [-0.25, -0.2) is 0 Å².